The molecule has 1 aromatic heterocycles. The summed E-state index contributed by atoms with van der Waals surface area (Å²) in [7, 11) is 0. The first-order valence-corrected chi connectivity index (χ1v) is 8.27. The van der Waals surface area contributed by atoms with E-state index in [1.807, 2.05) is 12.1 Å². The number of ether oxygens (including phenoxy) is 1. The molecule has 1 aromatic rings. The van der Waals surface area contributed by atoms with Crippen LogP contribution in [0.4, 0.5) is 11.5 Å². The van der Waals surface area contributed by atoms with Gasteiger partial charge >= 0.3 is 0 Å². The third-order valence-electron chi connectivity index (χ3n) is 4.83. The molecule has 0 atom stereocenters. The maximum absolute atomic E-state index is 5.98. The first-order valence-electron chi connectivity index (χ1n) is 8.27. The molecule has 4 nitrogen and oxygen atoms in total. The Morgan fingerprint density at radius 2 is 1.95 bits per heavy atom. The lowest BCUT2D eigenvalue weighted by molar-refractivity contribution is 0.288. The Morgan fingerprint density at radius 1 is 1.24 bits per heavy atom. The van der Waals surface area contributed by atoms with Crippen LogP contribution < -0.4 is 15.4 Å². The molecule has 0 radical (unpaired) electrons. The van der Waals surface area contributed by atoms with Crippen molar-refractivity contribution in [2.75, 3.05) is 30.3 Å². The maximum atomic E-state index is 5.98. The number of nitrogens with zero attached hydrogens (tertiary/aromatic N) is 2. The summed E-state index contributed by atoms with van der Waals surface area (Å²) in [5.41, 5.74) is 6.63. The predicted molar refractivity (Wildman–Crippen MR) is 86.6 cm³/mol. The summed E-state index contributed by atoms with van der Waals surface area (Å²) in [6.45, 7) is 7.58. The van der Waals surface area contributed by atoms with Crippen LogP contribution in [0.2, 0.25) is 0 Å². The minimum absolute atomic E-state index is 0.616. The summed E-state index contributed by atoms with van der Waals surface area (Å²) < 4.78 is 5.79. The largest absolute Gasteiger partial charge is 0.476 e. The van der Waals surface area contributed by atoms with Crippen molar-refractivity contribution in [1.82, 2.24) is 4.98 Å². The fraction of sp³-hybridized carbons (Fsp3) is 0.706. The number of hydrogen-bond donors (Lipinski definition) is 1. The molecule has 21 heavy (non-hydrogen) atoms. The highest BCUT2D eigenvalue weighted by molar-refractivity contribution is 5.54. The van der Waals surface area contributed by atoms with Crippen molar-refractivity contribution < 1.29 is 4.74 Å². The van der Waals surface area contributed by atoms with Crippen molar-refractivity contribution in [3.05, 3.63) is 12.1 Å². The molecule has 2 aliphatic rings. The second-order valence-electron chi connectivity index (χ2n) is 6.89. The Bertz CT molecular complexity index is 477. The zero-order chi connectivity index (χ0) is 14.8. The molecule has 2 heterocycles. The van der Waals surface area contributed by atoms with E-state index in [1.165, 1.54) is 25.7 Å². The van der Waals surface area contributed by atoms with Crippen LogP contribution in [0, 0.1) is 17.8 Å². The van der Waals surface area contributed by atoms with Crippen molar-refractivity contribution in [2.24, 2.45) is 17.8 Å². The number of hydrogen-bond acceptors (Lipinski definition) is 4. The van der Waals surface area contributed by atoms with Crippen LogP contribution in [0.25, 0.3) is 0 Å². The highest BCUT2D eigenvalue weighted by atomic mass is 16.5. The molecule has 1 saturated heterocycles. The molecular weight excluding hydrogens is 262 g/mol. The second kappa shape index (κ2) is 6.12. The van der Waals surface area contributed by atoms with Crippen LogP contribution in [-0.4, -0.2) is 24.7 Å². The molecular formula is C17H27N3O. The second-order valence-corrected chi connectivity index (χ2v) is 6.89. The van der Waals surface area contributed by atoms with Gasteiger partial charge in [0.15, 0.2) is 0 Å². The minimum atomic E-state index is 0.616. The summed E-state index contributed by atoms with van der Waals surface area (Å²) in [5, 5.41) is 0. The Morgan fingerprint density at radius 3 is 2.57 bits per heavy atom. The lowest BCUT2D eigenvalue weighted by Crippen LogP contribution is -2.35. The highest BCUT2D eigenvalue weighted by Gasteiger charge is 2.24. The van der Waals surface area contributed by atoms with E-state index in [0.717, 1.165) is 43.3 Å². The van der Waals surface area contributed by atoms with E-state index >= 15 is 0 Å². The average Bonchev–Trinajstić information content (AvgIpc) is 3.31. The first-order chi connectivity index (χ1) is 10.1. The Labute approximate surface area is 127 Å². The van der Waals surface area contributed by atoms with E-state index < -0.39 is 0 Å². The smallest absolute Gasteiger partial charge is 0.239 e. The van der Waals surface area contributed by atoms with E-state index in [-0.39, 0.29) is 0 Å². The fourth-order valence-corrected chi connectivity index (χ4v) is 3.01. The Kier molecular flexibility index (Phi) is 4.22. The van der Waals surface area contributed by atoms with Gasteiger partial charge in [-0.1, -0.05) is 13.8 Å². The van der Waals surface area contributed by atoms with Gasteiger partial charge in [-0.15, -0.1) is 0 Å². The summed E-state index contributed by atoms with van der Waals surface area (Å²) in [6.07, 6.45) is 5.06. The quantitative estimate of drug-likeness (QED) is 0.903. The zero-order valence-corrected chi connectivity index (χ0v) is 13.2. The number of anilines is 2. The molecule has 0 unspecified atom stereocenters. The van der Waals surface area contributed by atoms with Gasteiger partial charge in [-0.25, -0.2) is 0 Å². The van der Waals surface area contributed by atoms with Crippen molar-refractivity contribution in [2.45, 2.75) is 39.5 Å². The SMILES string of the molecule is CC(C)C1CCN(c2ccc(N)c(OCC3CC3)n2)CC1. The zero-order valence-electron chi connectivity index (χ0n) is 13.2. The maximum Gasteiger partial charge on any atom is 0.239 e. The average molecular weight is 289 g/mol. The molecule has 2 fully saturated rings. The summed E-state index contributed by atoms with van der Waals surface area (Å²) in [5.74, 6) is 3.98. The topological polar surface area (TPSA) is 51.4 Å². The monoisotopic (exact) mass is 289 g/mol. The number of aromatic nitrogens is 1. The normalized spacial score (nSPS) is 20.0. The summed E-state index contributed by atoms with van der Waals surface area (Å²) in [6, 6.07) is 3.95. The molecule has 116 valence electrons. The van der Waals surface area contributed by atoms with E-state index in [4.69, 9.17) is 10.5 Å². The van der Waals surface area contributed by atoms with Crippen molar-refractivity contribution in [1.29, 1.82) is 0 Å². The Hall–Kier alpha value is -1.45. The fourth-order valence-electron chi connectivity index (χ4n) is 3.01. The number of rotatable bonds is 5. The van der Waals surface area contributed by atoms with Gasteiger partial charge in [-0.2, -0.15) is 4.98 Å². The van der Waals surface area contributed by atoms with Gasteiger partial charge in [0.1, 0.15) is 5.82 Å². The van der Waals surface area contributed by atoms with Crippen LogP contribution in [0.1, 0.15) is 39.5 Å². The Balaban J connectivity index is 1.63. The lowest BCUT2D eigenvalue weighted by Gasteiger charge is -2.34. The third kappa shape index (κ3) is 3.60. The molecule has 1 saturated carbocycles. The highest BCUT2D eigenvalue weighted by Crippen LogP contribution is 2.32. The van der Waals surface area contributed by atoms with Gasteiger partial charge in [-0.05, 0) is 55.6 Å². The van der Waals surface area contributed by atoms with Crippen LogP contribution in [-0.2, 0) is 0 Å². The van der Waals surface area contributed by atoms with E-state index in [0.29, 0.717) is 11.6 Å². The lowest BCUT2D eigenvalue weighted by atomic mass is 9.87. The molecule has 0 spiro atoms. The van der Waals surface area contributed by atoms with E-state index in [1.54, 1.807) is 0 Å². The van der Waals surface area contributed by atoms with E-state index in [9.17, 15) is 0 Å². The molecule has 1 aliphatic heterocycles. The number of nitrogens with two attached hydrogens (primary N) is 1. The van der Waals surface area contributed by atoms with Crippen LogP contribution in [0.5, 0.6) is 5.88 Å². The van der Waals surface area contributed by atoms with Gasteiger partial charge < -0.3 is 15.4 Å². The van der Waals surface area contributed by atoms with Gasteiger partial charge in [0.2, 0.25) is 5.88 Å². The van der Waals surface area contributed by atoms with Crippen molar-refractivity contribution >= 4 is 11.5 Å². The molecule has 1 aliphatic carbocycles. The first kappa shape index (κ1) is 14.5. The number of piperidine rings is 1. The standard InChI is InChI=1S/C17H27N3O/c1-12(2)14-7-9-20(10-8-14)16-6-5-15(18)17(19-16)21-11-13-3-4-13/h5-6,12-14H,3-4,7-11,18H2,1-2H3. The van der Waals surface area contributed by atoms with Crippen molar-refractivity contribution in [3.8, 4) is 5.88 Å². The number of pyridine rings is 1. The van der Waals surface area contributed by atoms with Gasteiger partial charge in [-0.3, -0.25) is 0 Å². The van der Waals surface area contributed by atoms with Gasteiger partial charge in [0.25, 0.3) is 0 Å². The van der Waals surface area contributed by atoms with E-state index in [2.05, 4.69) is 23.7 Å². The van der Waals surface area contributed by atoms with Crippen molar-refractivity contribution in [3.63, 3.8) is 0 Å². The van der Waals surface area contributed by atoms with Crippen LogP contribution in [0.3, 0.4) is 0 Å². The number of nitrogen functional groups attached to an aromatic ring is 1. The predicted octanol–water partition coefficient (Wildman–Crippen LogP) is 3.33. The minimum Gasteiger partial charge on any atom is -0.476 e. The summed E-state index contributed by atoms with van der Waals surface area (Å²) in [4.78, 5) is 7.01. The molecule has 2 N–H and O–H groups in total. The molecule has 4 heteroatoms. The van der Waals surface area contributed by atoms with Gasteiger partial charge in [0.05, 0.1) is 12.3 Å². The third-order valence-corrected chi connectivity index (χ3v) is 4.83. The van der Waals surface area contributed by atoms with Crippen LogP contribution in [0.15, 0.2) is 12.1 Å². The molecule has 0 amide bonds. The van der Waals surface area contributed by atoms with Gasteiger partial charge in [0, 0.05) is 13.1 Å². The molecule has 0 bridgehead atoms. The molecule has 0 aromatic carbocycles. The van der Waals surface area contributed by atoms with Crippen LogP contribution >= 0.6 is 0 Å². The molecule has 3 rings (SSSR count). The summed E-state index contributed by atoms with van der Waals surface area (Å²) >= 11 is 0.